The van der Waals surface area contributed by atoms with Crippen molar-refractivity contribution in [1.29, 1.82) is 0 Å². The minimum Gasteiger partial charge on any atom is -0.467 e. The van der Waals surface area contributed by atoms with Gasteiger partial charge in [-0.15, -0.1) is 0 Å². The summed E-state index contributed by atoms with van der Waals surface area (Å²) in [5.74, 6) is -1.08. The Kier molecular flexibility index (Phi) is 9.50. The molecule has 1 N–H and O–H groups in total. The molecule has 2 rings (SSSR count). The second kappa shape index (κ2) is 12.1. The average Bonchev–Trinajstić information content (AvgIpc) is 2.78. The number of pyridine rings is 1. The van der Waals surface area contributed by atoms with E-state index < -0.39 is 17.9 Å². The smallest absolute Gasteiger partial charge is 0.328 e. The minimum atomic E-state index is -0.871. The number of carbonyl (C=O) groups is 2. The van der Waals surface area contributed by atoms with Crippen LogP contribution in [0.25, 0.3) is 0 Å². The molecule has 0 fully saturated rings. The van der Waals surface area contributed by atoms with Crippen molar-refractivity contribution in [3.63, 3.8) is 0 Å². The summed E-state index contributed by atoms with van der Waals surface area (Å²) in [6, 6.07) is 10.2. The van der Waals surface area contributed by atoms with Crippen LogP contribution in [0.4, 0.5) is 0 Å². The lowest BCUT2D eigenvalue weighted by Gasteiger charge is -2.20. The molecule has 1 aromatic carbocycles. The molecule has 168 valence electrons. The lowest BCUT2D eigenvalue weighted by Crippen LogP contribution is -2.45. The number of nitrogens with one attached hydrogen (secondary N) is 1. The van der Waals surface area contributed by atoms with Crippen LogP contribution in [0.2, 0.25) is 0 Å². The molecule has 0 saturated carbocycles. The summed E-state index contributed by atoms with van der Waals surface area (Å²) >= 11 is 0. The number of esters is 1. The zero-order valence-electron chi connectivity index (χ0n) is 19.1. The number of aryl methyl sites for hydroxylation is 1. The van der Waals surface area contributed by atoms with Crippen molar-refractivity contribution < 1.29 is 14.3 Å². The zero-order valence-corrected chi connectivity index (χ0v) is 19.1. The van der Waals surface area contributed by atoms with Crippen LogP contribution in [0.5, 0.6) is 0 Å². The van der Waals surface area contributed by atoms with Crippen molar-refractivity contribution in [2.45, 2.75) is 71.9 Å². The summed E-state index contributed by atoms with van der Waals surface area (Å²) in [7, 11) is 1.29. The van der Waals surface area contributed by atoms with Crippen molar-refractivity contribution in [3.8, 4) is 0 Å². The first-order chi connectivity index (χ1) is 15.0. The van der Waals surface area contributed by atoms with Crippen LogP contribution in [-0.2, 0) is 35.3 Å². The summed E-state index contributed by atoms with van der Waals surface area (Å²) < 4.78 is 6.64. The Bertz CT molecular complexity index is 935. The Labute approximate surface area is 184 Å². The van der Waals surface area contributed by atoms with Crippen LogP contribution in [0, 0.1) is 0 Å². The maximum atomic E-state index is 13.2. The van der Waals surface area contributed by atoms with Crippen molar-refractivity contribution in [2.24, 2.45) is 0 Å². The molecule has 1 unspecified atom stereocenters. The molecule has 1 aromatic heterocycles. The number of benzene rings is 1. The van der Waals surface area contributed by atoms with E-state index in [0.717, 1.165) is 48.9 Å². The van der Waals surface area contributed by atoms with Crippen molar-refractivity contribution in [2.75, 3.05) is 7.11 Å². The lowest BCUT2D eigenvalue weighted by atomic mass is 10.0. The Morgan fingerprint density at radius 1 is 1.10 bits per heavy atom. The van der Waals surface area contributed by atoms with E-state index in [4.69, 9.17) is 4.74 Å². The van der Waals surface area contributed by atoms with Gasteiger partial charge in [-0.2, -0.15) is 0 Å². The first-order valence-corrected chi connectivity index (χ1v) is 11.1. The minimum absolute atomic E-state index is 0.0785. The Balaban J connectivity index is 2.41. The molecule has 0 aliphatic heterocycles. The molecule has 0 radical (unpaired) electrons. The number of nitrogens with zero attached hydrogens (tertiary/aromatic N) is 1. The summed E-state index contributed by atoms with van der Waals surface area (Å²) in [4.78, 5) is 38.7. The predicted octanol–water partition coefficient (Wildman–Crippen LogP) is 3.68. The third-order valence-electron chi connectivity index (χ3n) is 5.41. The molecule has 0 aliphatic carbocycles. The van der Waals surface area contributed by atoms with Gasteiger partial charge in [0.1, 0.15) is 11.6 Å². The topological polar surface area (TPSA) is 77.4 Å². The van der Waals surface area contributed by atoms with Gasteiger partial charge in [0, 0.05) is 18.7 Å². The highest BCUT2D eigenvalue weighted by molar-refractivity contribution is 5.96. The van der Waals surface area contributed by atoms with Gasteiger partial charge in [-0.25, -0.2) is 4.79 Å². The van der Waals surface area contributed by atoms with Crippen LogP contribution < -0.4 is 10.9 Å². The third kappa shape index (κ3) is 6.29. The molecule has 2 aromatic rings. The third-order valence-corrected chi connectivity index (χ3v) is 5.41. The molecule has 0 bridgehead atoms. The highest BCUT2D eigenvalue weighted by atomic mass is 16.5. The van der Waals surface area contributed by atoms with E-state index in [1.807, 2.05) is 37.3 Å². The summed E-state index contributed by atoms with van der Waals surface area (Å²) in [5.41, 5.74) is 2.69. The monoisotopic (exact) mass is 426 g/mol. The first-order valence-electron chi connectivity index (χ1n) is 11.1. The largest absolute Gasteiger partial charge is 0.467 e. The van der Waals surface area contributed by atoms with Gasteiger partial charge in [0.05, 0.1) is 7.11 Å². The number of aromatic nitrogens is 1. The summed E-state index contributed by atoms with van der Waals surface area (Å²) in [5, 5.41) is 2.73. The zero-order chi connectivity index (χ0) is 22.8. The van der Waals surface area contributed by atoms with Gasteiger partial charge in [-0.05, 0) is 36.5 Å². The molecule has 6 nitrogen and oxygen atoms in total. The van der Waals surface area contributed by atoms with Crippen LogP contribution in [-0.4, -0.2) is 29.6 Å². The number of rotatable bonds is 11. The van der Waals surface area contributed by atoms with Crippen molar-refractivity contribution >= 4 is 11.9 Å². The van der Waals surface area contributed by atoms with Gasteiger partial charge < -0.3 is 14.6 Å². The van der Waals surface area contributed by atoms with Gasteiger partial charge in [-0.1, -0.05) is 63.9 Å². The normalized spacial score (nSPS) is 11.7. The van der Waals surface area contributed by atoms with E-state index in [1.165, 1.54) is 7.11 Å². The Morgan fingerprint density at radius 3 is 2.39 bits per heavy atom. The number of hydrogen-bond acceptors (Lipinski definition) is 4. The maximum Gasteiger partial charge on any atom is 0.328 e. The number of amides is 1. The SMILES string of the molecule is CCCCn1c(CCC)c(CC)cc(C(=O)NC(Cc2ccccc2)C(=O)OC)c1=O. The summed E-state index contributed by atoms with van der Waals surface area (Å²) in [6.45, 7) is 6.77. The van der Waals surface area contributed by atoms with Gasteiger partial charge in [0.25, 0.3) is 11.5 Å². The number of methoxy groups -OCH3 is 1. The van der Waals surface area contributed by atoms with Crippen molar-refractivity contribution in [1.82, 2.24) is 9.88 Å². The van der Waals surface area contributed by atoms with Crippen LogP contribution in [0.1, 0.15) is 67.2 Å². The van der Waals surface area contributed by atoms with Gasteiger partial charge in [-0.3, -0.25) is 9.59 Å². The van der Waals surface area contributed by atoms with Crippen LogP contribution >= 0.6 is 0 Å². The first kappa shape index (κ1) is 24.4. The van der Waals surface area contributed by atoms with E-state index >= 15 is 0 Å². The van der Waals surface area contributed by atoms with Crippen molar-refractivity contribution in [3.05, 3.63) is 69.1 Å². The fourth-order valence-electron chi connectivity index (χ4n) is 3.74. The second-order valence-electron chi connectivity index (χ2n) is 7.68. The van der Waals surface area contributed by atoms with Crippen LogP contribution in [0.15, 0.2) is 41.2 Å². The van der Waals surface area contributed by atoms with E-state index in [2.05, 4.69) is 19.2 Å². The van der Waals surface area contributed by atoms with E-state index in [0.29, 0.717) is 6.54 Å². The Hall–Kier alpha value is -2.89. The number of carbonyl (C=O) groups excluding carboxylic acids is 2. The number of unbranched alkanes of at least 4 members (excludes halogenated alkanes) is 1. The maximum absolute atomic E-state index is 13.2. The van der Waals surface area contributed by atoms with E-state index in [1.54, 1.807) is 10.6 Å². The summed E-state index contributed by atoms with van der Waals surface area (Å²) in [6.07, 6.45) is 4.56. The quantitative estimate of drug-likeness (QED) is 0.556. The molecule has 0 saturated heterocycles. The molecule has 1 amide bonds. The fraction of sp³-hybridized carbons (Fsp3) is 0.480. The highest BCUT2D eigenvalue weighted by Crippen LogP contribution is 2.14. The second-order valence-corrected chi connectivity index (χ2v) is 7.68. The molecule has 31 heavy (non-hydrogen) atoms. The number of ether oxygens (including phenoxy) is 1. The molecule has 1 atom stereocenters. The van der Waals surface area contributed by atoms with Gasteiger partial charge >= 0.3 is 5.97 Å². The van der Waals surface area contributed by atoms with E-state index in [9.17, 15) is 14.4 Å². The van der Waals surface area contributed by atoms with Crippen LogP contribution in [0.3, 0.4) is 0 Å². The Morgan fingerprint density at radius 2 is 1.81 bits per heavy atom. The van der Waals surface area contributed by atoms with E-state index in [-0.39, 0.29) is 17.5 Å². The standard InChI is InChI=1S/C25H34N2O4/c1-5-8-15-27-22(12-6-2)19(7-3)17-20(24(27)29)23(28)26-21(25(30)31-4)16-18-13-10-9-11-14-18/h9-11,13-14,17,21H,5-8,12,15-16H2,1-4H3,(H,26,28). The molecule has 0 spiro atoms. The average molecular weight is 427 g/mol. The molecular weight excluding hydrogens is 392 g/mol. The molecule has 0 aliphatic rings. The molecule has 1 heterocycles. The lowest BCUT2D eigenvalue weighted by molar-refractivity contribution is -0.142. The molecular formula is C25H34N2O4. The highest BCUT2D eigenvalue weighted by Gasteiger charge is 2.25. The number of hydrogen-bond donors (Lipinski definition) is 1. The van der Waals surface area contributed by atoms with Gasteiger partial charge in [0.2, 0.25) is 0 Å². The fourth-order valence-corrected chi connectivity index (χ4v) is 3.74. The predicted molar refractivity (Wildman–Crippen MR) is 122 cm³/mol. The molecule has 6 heteroatoms. The van der Waals surface area contributed by atoms with Gasteiger partial charge in [0.15, 0.2) is 0 Å².